The topological polar surface area (TPSA) is 24.9 Å². The Labute approximate surface area is 111 Å². The molecule has 1 aromatic heterocycles. The molecular weight excluding hydrogens is 284 g/mol. The van der Waals surface area contributed by atoms with Crippen molar-refractivity contribution in [2.75, 3.05) is 5.32 Å². The predicted octanol–water partition coefficient (Wildman–Crippen LogP) is 4.64. The fraction of sp³-hybridized carbons (Fsp3) is 0.0833. The van der Waals surface area contributed by atoms with E-state index in [0.717, 1.165) is 18.3 Å². The fourth-order valence-electron chi connectivity index (χ4n) is 1.50. The quantitative estimate of drug-likeness (QED) is 0.815. The van der Waals surface area contributed by atoms with E-state index < -0.39 is 17.6 Å². The predicted molar refractivity (Wildman–Crippen MR) is 63.9 cm³/mol. The van der Waals surface area contributed by atoms with Crippen LogP contribution in [-0.2, 0) is 6.18 Å². The van der Waals surface area contributed by atoms with Crippen molar-refractivity contribution in [2.24, 2.45) is 0 Å². The Bertz CT molecular complexity index is 599. The summed E-state index contributed by atoms with van der Waals surface area (Å²) in [6.45, 7) is 0. The number of benzene rings is 1. The lowest BCUT2D eigenvalue weighted by molar-refractivity contribution is -0.136. The number of hydrogen-bond acceptors (Lipinski definition) is 2. The number of nitrogens with one attached hydrogen (secondary N) is 1. The molecule has 2 nitrogen and oxygen atoms in total. The number of anilines is 2. The molecule has 0 saturated carbocycles. The summed E-state index contributed by atoms with van der Waals surface area (Å²) in [4.78, 5) is 3.54. The summed E-state index contributed by atoms with van der Waals surface area (Å²) in [6, 6.07) is 4.33. The summed E-state index contributed by atoms with van der Waals surface area (Å²) < 4.78 is 51.4. The van der Waals surface area contributed by atoms with Crippen LogP contribution in [0.15, 0.2) is 36.7 Å². The molecule has 100 valence electrons. The van der Waals surface area contributed by atoms with Crippen LogP contribution < -0.4 is 5.32 Å². The maximum Gasteiger partial charge on any atom is 0.418 e. The first-order valence-electron chi connectivity index (χ1n) is 5.10. The number of rotatable bonds is 2. The molecule has 7 heteroatoms. The van der Waals surface area contributed by atoms with Crippen molar-refractivity contribution < 1.29 is 17.6 Å². The van der Waals surface area contributed by atoms with Crippen LogP contribution in [0.5, 0.6) is 0 Å². The molecule has 19 heavy (non-hydrogen) atoms. The van der Waals surface area contributed by atoms with Crippen molar-refractivity contribution >= 4 is 23.0 Å². The van der Waals surface area contributed by atoms with E-state index in [1.54, 1.807) is 0 Å². The summed E-state index contributed by atoms with van der Waals surface area (Å²) in [5, 5.41) is 2.43. The molecule has 0 bridgehead atoms. The number of hydrogen-bond donors (Lipinski definition) is 1. The molecule has 0 saturated heterocycles. The van der Waals surface area contributed by atoms with Crippen LogP contribution in [0.2, 0.25) is 5.02 Å². The Morgan fingerprint density at radius 3 is 2.47 bits per heavy atom. The molecule has 0 amide bonds. The van der Waals surface area contributed by atoms with Crippen LogP contribution in [0, 0.1) is 5.82 Å². The molecule has 0 spiro atoms. The van der Waals surface area contributed by atoms with Gasteiger partial charge in [-0.15, -0.1) is 0 Å². The van der Waals surface area contributed by atoms with E-state index in [9.17, 15) is 17.6 Å². The highest BCUT2D eigenvalue weighted by atomic mass is 35.5. The molecule has 2 rings (SSSR count). The summed E-state index contributed by atoms with van der Waals surface area (Å²) in [6.07, 6.45) is -2.39. The van der Waals surface area contributed by atoms with Gasteiger partial charge in [-0.1, -0.05) is 11.6 Å². The smallest absolute Gasteiger partial charge is 0.354 e. The van der Waals surface area contributed by atoms with Gasteiger partial charge in [0.2, 0.25) is 0 Å². The molecule has 1 heterocycles. The first-order chi connectivity index (χ1) is 8.86. The molecule has 0 atom stereocenters. The Balaban J connectivity index is 2.40. The van der Waals surface area contributed by atoms with Gasteiger partial charge in [-0.2, -0.15) is 13.2 Å². The van der Waals surface area contributed by atoms with E-state index in [2.05, 4.69) is 10.3 Å². The largest absolute Gasteiger partial charge is 0.418 e. The van der Waals surface area contributed by atoms with Crippen LogP contribution in [0.1, 0.15) is 5.56 Å². The molecule has 0 aliphatic heterocycles. The van der Waals surface area contributed by atoms with Gasteiger partial charge in [0, 0.05) is 11.1 Å². The molecule has 0 radical (unpaired) electrons. The zero-order valence-electron chi connectivity index (χ0n) is 9.30. The van der Waals surface area contributed by atoms with E-state index in [0.29, 0.717) is 0 Å². The van der Waals surface area contributed by atoms with Gasteiger partial charge in [0.25, 0.3) is 0 Å². The summed E-state index contributed by atoms with van der Waals surface area (Å²) in [7, 11) is 0. The molecule has 0 aliphatic carbocycles. The number of halogens is 5. The van der Waals surface area contributed by atoms with Crippen molar-refractivity contribution in [1.82, 2.24) is 4.98 Å². The van der Waals surface area contributed by atoms with Gasteiger partial charge < -0.3 is 5.32 Å². The van der Waals surface area contributed by atoms with Crippen molar-refractivity contribution in [2.45, 2.75) is 6.18 Å². The average Bonchev–Trinajstić information content (AvgIpc) is 2.30. The van der Waals surface area contributed by atoms with Crippen LogP contribution >= 0.6 is 11.6 Å². The molecule has 2 aromatic rings. The van der Waals surface area contributed by atoms with Gasteiger partial charge in [0.1, 0.15) is 5.82 Å². The van der Waals surface area contributed by atoms with Crippen LogP contribution in [0.25, 0.3) is 0 Å². The Morgan fingerprint density at radius 2 is 1.84 bits per heavy atom. The van der Waals surface area contributed by atoms with Crippen LogP contribution in [0.3, 0.4) is 0 Å². The second-order valence-electron chi connectivity index (χ2n) is 3.70. The third kappa shape index (κ3) is 3.35. The van der Waals surface area contributed by atoms with E-state index in [-0.39, 0.29) is 16.4 Å². The monoisotopic (exact) mass is 290 g/mol. The van der Waals surface area contributed by atoms with Crippen molar-refractivity contribution in [3.05, 3.63) is 53.1 Å². The first kappa shape index (κ1) is 13.6. The highest BCUT2D eigenvalue weighted by Crippen LogP contribution is 2.37. The number of nitrogens with zero attached hydrogens (tertiary/aromatic N) is 1. The van der Waals surface area contributed by atoms with Gasteiger partial charge in [-0.25, -0.2) is 4.39 Å². The Hall–Kier alpha value is -1.82. The lowest BCUT2D eigenvalue weighted by atomic mass is 10.1. The second kappa shape index (κ2) is 5.05. The normalized spacial score (nSPS) is 11.4. The van der Waals surface area contributed by atoms with Crippen molar-refractivity contribution in [3.63, 3.8) is 0 Å². The maximum absolute atomic E-state index is 12.9. The number of pyridine rings is 1. The molecule has 0 aliphatic rings. The first-order valence-corrected chi connectivity index (χ1v) is 5.48. The van der Waals surface area contributed by atoms with E-state index in [1.165, 1.54) is 18.3 Å². The third-order valence-corrected chi connectivity index (χ3v) is 2.51. The minimum Gasteiger partial charge on any atom is -0.354 e. The molecule has 0 unspecified atom stereocenters. The number of alkyl halides is 3. The van der Waals surface area contributed by atoms with Crippen molar-refractivity contribution in [3.8, 4) is 0 Å². The van der Waals surface area contributed by atoms with Crippen LogP contribution in [0.4, 0.5) is 28.9 Å². The Kier molecular flexibility index (Phi) is 3.61. The Morgan fingerprint density at radius 1 is 1.11 bits per heavy atom. The molecule has 0 fully saturated rings. The van der Waals surface area contributed by atoms with Gasteiger partial charge in [0.15, 0.2) is 0 Å². The van der Waals surface area contributed by atoms with Crippen molar-refractivity contribution in [1.29, 1.82) is 0 Å². The third-order valence-electron chi connectivity index (χ3n) is 2.27. The molecule has 1 N–H and O–H groups in total. The van der Waals surface area contributed by atoms with Gasteiger partial charge >= 0.3 is 6.18 Å². The molecule has 1 aromatic carbocycles. The second-order valence-corrected chi connectivity index (χ2v) is 4.14. The lowest BCUT2D eigenvalue weighted by Crippen LogP contribution is -2.09. The highest BCUT2D eigenvalue weighted by Gasteiger charge is 2.33. The fourth-order valence-corrected chi connectivity index (χ4v) is 1.67. The SMILES string of the molecule is Fc1cncc(Nc2ccc(Cl)cc2C(F)(F)F)c1. The summed E-state index contributed by atoms with van der Waals surface area (Å²) in [5.74, 6) is -0.646. The van der Waals surface area contributed by atoms with Gasteiger partial charge in [-0.3, -0.25) is 4.98 Å². The minimum atomic E-state index is -4.56. The zero-order valence-corrected chi connectivity index (χ0v) is 10.1. The van der Waals surface area contributed by atoms with E-state index >= 15 is 0 Å². The molecular formula is C12H7ClF4N2. The van der Waals surface area contributed by atoms with E-state index in [4.69, 9.17) is 11.6 Å². The highest BCUT2D eigenvalue weighted by molar-refractivity contribution is 6.30. The van der Waals surface area contributed by atoms with E-state index in [1.807, 2.05) is 0 Å². The summed E-state index contributed by atoms with van der Waals surface area (Å²) >= 11 is 5.55. The zero-order chi connectivity index (χ0) is 14.0. The van der Waals surface area contributed by atoms with Gasteiger partial charge in [0.05, 0.1) is 29.3 Å². The minimum absolute atomic E-state index is 0.0322. The number of aromatic nitrogens is 1. The van der Waals surface area contributed by atoms with Gasteiger partial charge in [-0.05, 0) is 18.2 Å². The summed E-state index contributed by atoms with van der Waals surface area (Å²) in [5.41, 5.74) is -1.03. The van der Waals surface area contributed by atoms with Crippen LogP contribution in [-0.4, -0.2) is 4.98 Å². The lowest BCUT2D eigenvalue weighted by Gasteiger charge is -2.14. The average molecular weight is 291 g/mol. The maximum atomic E-state index is 12.9. The standard InChI is InChI=1S/C12H7ClF4N2/c13-7-1-2-11(10(3-7)12(15,16)17)19-9-4-8(14)5-18-6-9/h1-6,19H.